The highest BCUT2D eigenvalue weighted by molar-refractivity contribution is 6.31. The summed E-state index contributed by atoms with van der Waals surface area (Å²) in [6, 6.07) is 10.6. The van der Waals surface area contributed by atoms with Gasteiger partial charge in [0.15, 0.2) is 0 Å². The number of H-pyrrole nitrogens is 1. The molecule has 0 fully saturated rings. The molecule has 5 aromatic rings. The zero-order valence-electron chi connectivity index (χ0n) is 24.9. The minimum atomic E-state index is -1.03. The molecule has 12 nitrogen and oxygen atoms in total. The quantitative estimate of drug-likeness (QED) is 0.255. The van der Waals surface area contributed by atoms with E-state index in [1.54, 1.807) is 43.5 Å². The standard InChI is InChI=1S/C30H28ClF2N9O3/c1-15-10-18-11-16(20-13-17(31)6-8-21(20)41-14-34-38-39-41)12-23(43)42(18)25(15)28-36-24(27(33)37-28)19-7-9-22(35-26(19)32)40(5)29(44)45-30(2,3)4/h6-9,11-15,25H,10H2,1-5H3,(H,36,37)/t15-,25-/m0/s1. The van der Waals surface area contributed by atoms with Crippen molar-refractivity contribution >= 4 is 23.5 Å². The summed E-state index contributed by atoms with van der Waals surface area (Å²) in [5.41, 5.74) is 1.01. The maximum atomic E-state index is 15.3. The molecular formula is C30H28ClF2N9O3. The number of aromatic nitrogens is 8. The molecule has 4 aromatic heterocycles. The van der Waals surface area contributed by atoms with Gasteiger partial charge < -0.3 is 14.3 Å². The number of rotatable bonds is 5. The minimum Gasteiger partial charge on any atom is -0.443 e. The van der Waals surface area contributed by atoms with Crippen LogP contribution in [0.5, 0.6) is 0 Å². The fourth-order valence-electron chi connectivity index (χ4n) is 5.46. The summed E-state index contributed by atoms with van der Waals surface area (Å²) < 4.78 is 38.9. The summed E-state index contributed by atoms with van der Waals surface area (Å²) in [5.74, 6) is -1.92. The molecule has 0 saturated heterocycles. The topological polar surface area (TPSA) is 137 Å². The van der Waals surface area contributed by atoms with Crippen molar-refractivity contribution in [1.29, 1.82) is 0 Å². The van der Waals surface area contributed by atoms with Crippen LogP contribution in [0.3, 0.4) is 0 Å². The molecule has 0 saturated carbocycles. The number of hydrogen-bond donors (Lipinski definition) is 1. The molecule has 1 aliphatic rings. The van der Waals surface area contributed by atoms with Crippen LogP contribution in [0, 0.1) is 17.8 Å². The third-order valence-electron chi connectivity index (χ3n) is 7.42. The Bertz CT molecular complexity index is 1990. The second-order valence-corrected chi connectivity index (χ2v) is 12.3. The Labute approximate surface area is 260 Å². The number of carbonyl (C=O) groups is 1. The average molecular weight is 636 g/mol. The van der Waals surface area contributed by atoms with Gasteiger partial charge in [-0.2, -0.15) is 13.5 Å². The number of amides is 1. The highest BCUT2D eigenvalue weighted by Gasteiger charge is 2.35. The van der Waals surface area contributed by atoms with E-state index in [4.69, 9.17) is 16.3 Å². The Morgan fingerprint density at radius 3 is 2.58 bits per heavy atom. The number of ether oxygens (including phenoxy) is 1. The van der Waals surface area contributed by atoms with Gasteiger partial charge in [-0.25, -0.2) is 14.8 Å². The van der Waals surface area contributed by atoms with Crippen molar-refractivity contribution in [3.8, 4) is 28.1 Å². The minimum absolute atomic E-state index is 0.0229. The number of halogens is 3. The number of carbonyl (C=O) groups excluding carboxylic acids is 1. The van der Waals surface area contributed by atoms with E-state index in [0.29, 0.717) is 34.0 Å². The van der Waals surface area contributed by atoms with Gasteiger partial charge in [-0.15, -0.1) is 5.10 Å². The first-order valence-corrected chi connectivity index (χ1v) is 14.4. The van der Waals surface area contributed by atoms with E-state index in [0.717, 1.165) is 4.90 Å². The van der Waals surface area contributed by atoms with E-state index in [1.165, 1.54) is 36.3 Å². The molecule has 232 valence electrons. The molecule has 1 amide bonds. The van der Waals surface area contributed by atoms with E-state index in [-0.39, 0.29) is 34.4 Å². The summed E-state index contributed by atoms with van der Waals surface area (Å²) in [7, 11) is 1.39. The van der Waals surface area contributed by atoms with E-state index in [9.17, 15) is 9.59 Å². The predicted octanol–water partition coefficient (Wildman–Crippen LogP) is 5.36. The SMILES string of the molecule is C[C@H]1Cc2cc(-c3cc(Cl)ccc3-n3cnnn3)cc(=O)n2[C@@H]1c1nc(-c2ccc(N(C)C(=O)OC(C)(C)C)nc2F)c(F)[nH]1. The number of hydrogen-bond acceptors (Lipinski definition) is 8. The van der Waals surface area contributed by atoms with Crippen LogP contribution in [0.1, 0.15) is 45.3 Å². The number of fused-ring (bicyclic) bond motifs is 1. The number of nitrogens with zero attached hydrogens (tertiary/aromatic N) is 8. The van der Waals surface area contributed by atoms with Crippen LogP contribution in [-0.2, 0) is 11.2 Å². The largest absolute Gasteiger partial charge is 0.443 e. The zero-order valence-corrected chi connectivity index (χ0v) is 25.7. The molecule has 0 unspecified atom stereocenters. The Morgan fingerprint density at radius 1 is 1.11 bits per heavy atom. The molecule has 5 heterocycles. The second-order valence-electron chi connectivity index (χ2n) is 11.8. The van der Waals surface area contributed by atoms with Crippen molar-refractivity contribution < 1.29 is 18.3 Å². The first-order valence-electron chi connectivity index (χ1n) is 14.0. The van der Waals surface area contributed by atoms with Gasteiger partial charge in [0.25, 0.3) is 5.56 Å². The van der Waals surface area contributed by atoms with Crippen LogP contribution in [0.25, 0.3) is 28.1 Å². The first kappa shape index (κ1) is 30.1. The summed E-state index contributed by atoms with van der Waals surface area (Å²) in [6.45, 7) is 7.04. The van der Waals surface area contributed by atoms with Crippen LogP contribution in [-0.4, -0.2) is 58.5 Å². The van der Waals surface area contributed by atoms with Crippen LogP contribution in [0.2, 0.25) is 5.02 Å². The lowest BCUT2D eigenvalue weighted by Crippen LogP contribution is -2.34. The molecule has 0 aliphatic carbocycles. The van der Waals surface area contributed by atoms with Crippen molar-refractivity contribution in [1.82, 2.24) is 39.7 Å². The number of tetrazole rings is 1. The van der Waals surface area contributed by atoms with Crippen molar-refractivity contribution in [2.24, 2.45) is 5.92 Å². The average Bonchev–Trinajstić information content (AvgIpc) is 3.70. The number of pyridine rings is 2. The maximum absolute atomic E-state index is 15.3. The van der Waals surface area contributed by atoms with E-state index in [2.05, 4.69) is 30.5 Å². The van der Waals surface area contributed by atoms with Crippen LogP contribution in [0.4, 0.5) is 19.4 Å². The Hall–Kier alpha value is -4.98. The maximum Gasteiger partial charge on any atom is 0.415 e. The van der Waals surface area contributed by atoms with Crippen molar-refractivity contribution in [3.05, 3.63) is 87.6 Å². The van der Waals surface area contributed by atoms with Gasteiger partial charge >= 0.3 is 6.09 Å². The number of aromatic amines is 1. The Balaban J connectivity index is 1.33. The fourth-order valence-corrected chi connectivity index (χ4v) is 5.63. The van der Waals surface area contributed by atoms with Gasteiger partial charge in [-0.3, -0.25) is 9.69 Å². The van der Waals surface area contributed by atoms with E-state index in [1.807, 2.05) is 13.0 Å². The third kappa shape index (κ3) is 5.68. The van der Waals surface area contributed by atoms with Gasteiger partial charge in [0.05, 0.1) is 17.3 Å². The molecule has 1 aliphatic heterocycles. The summed E-state index contributed by atoms with van der Waals surface area (Å²) in [5, 5.41) is 11.8. The fraction of sp³-hybridized carbons (Fsp3) is 0.300. The molecule has 0 radical (unpaired) electrons. The van der Waals surface area contributed by atoms with Crippen LogP contribution >= 0.6 is 11.6 Å². The molecule has 45 heavy (non-hydrogen) atoms. The molecule has 15 heteroatoms. The van der Waals surface area contributed by atoms with Crippen LogP contribution in [0.15, 0.2) is 53.6 Å². The van der Waals surface area contributed by atoms with Crippen LogP contribution < -0.4 is 10.5 Å². The van der Waals surface area contributed by atoms with Gasteiger partial charge in [-0.1, -0.05) is 18.5 Å². The molecule has 0 bridgehead atoms. The molecular weight excluding hydrogens is 608 g/mol. The monoisotopic (exact) mass is 635 g/mol. The van der Waals surface area contributed by atoms with Crippen molar-refractivity contribution in [3.63, 3.8) is 0 Å². The summed E-state index contributed by atoms with van der Waals surface area (Å²) in [4.78, 5) is 37.9. The molecule has 1 aromatic carbocycles. The molecule has 1 N–H and O–H groups in total. The second kappa shape index (κ2) is 11.2. The lowest BCUT2D eigenvalue weighted by molar-refractivity contribution is 0.0588. The van der Waals surface area contributed by atoms with Gasteiger partial charge in [-0.05, 0) is 85.5 Å². The predicted molar refractivity (Wildman–Crippen MR) is 161 cm³/mol. The zero-order chi connectivity index (χ0) is 32.2. The lowest BCUT2D eigenvalue weighted by atomic mass is 10.0. The van der Waals surface area contributed by atoms with Gasteiger partial charge in [0.2, 0.25) is 11.9 Å². The normalized spacial score (nSPS) is 16.1. The third-order valence-corrected chi connectivity index (χ3v) is 7.66. The number of nitrogens with one attached hydrogen (secondary N) is 1. The van der Waals surface area contributed by atoms with Gasteiger partial charge in [0, 0.05) is 29.4 Å². The Kier molecular flexibility index (Phi) is 7.47. The first-order chi connectivity index (χ1) is 21.3. The molecule has 6 rings (SSSR count). The van der Waals surface area contributed by atoms with E-state index < -0.39 is 29.6 Å². The smallest absolute Gasteiger partial charge is 0.415 e. The summed E-state index contributed by atoms with van der Waals surface area (Å²) >= 11 is 6.30. The number of imidazole rings is 1. The highest BCUT2D eigenvalue weighted by atomic mass is 35.5. The van der Waals surface area contributed by atoms with Gasteiger partial charge in [0.1, 0.15) is 29.3 Å². The highest BCUT2D eigenvalue weighted by Crippen LogP contribution is 2.38. The van der Waals surface area contributed by atoms with Crippen molar-refractivity contribution in [2.45, 2.75) is 45.8 Å². The summed E-state index contributed by atoms with van der Waals surface area (Å²) in [6.07, 6.45) is 1.22. The molecule has 0 spiro atoms. The Morgan fingerprint density at radius 2 is 1.89 bits per heavy atom. The number of benzene rings is 1. The lowest BCUT2D eigenvalue weighted by Gasteiger charge is -2.24. The molecule has 2 atom stereocenters. The van der Waals surface area contributed by atoms with Crippen molar-refractivity contribution in [2.75, 3.05) is 11.9 Å². The van der Waals surface area contributed by atoms with E-state index >= 15 is 8.78 Å². The number of anilines is 1.